The van der Waals surface area contributed by atoms with Crippen molar-refractivity contribution in [3.63, 3.8) is 0 Å². The van der Waals surface area contributed by atoms with Crippen molar-refractivity contribution in [3.05, 3.63) is 12.2 Å². The van der Waals surface area contributed by atoms with Crippen LogP contribution < -0.4 is 0 Å². The second-order valence-corrected chi connectivity index (χ2v) is 15.1. The summed E-state index contributed by atoms with van der Waals surface area (Å²) in [5.41, 5.74) is 0. The van der Waals surface area contributed by atoms with Crippen LogP contribution in [0.15, 0.2) is 12.2 Å². The van der Waals surface area contributed by atoms with Crippen LogP contribution in [-0.2, 0) is 23.7 Å². The first-order valence-electron chi connectivity index (χ1n) is 21.8. The van der Waals surface area contributed by atoms with Gasteiger partial charge < -0.3 is 39.4 Å². The van der Waals surface area contributed by atoms with Gasteiger partial charge in [0.25, 0.3) is 0 Å². The van der Waals surface area contributed by atoms with E-state index >= 15 is 0 Å². The Labute approximate surface area is 318 Å². The van der Waals surface area contributed by atoms with Crippen molar-refractivity contribution < 1.29 is 44.2 Å². The van der Waals surface area contributed by atoms with Gasteiger partial charge in [-0.15, -0.1) is 0 Å². The summed E-state index contributed by atoms with van der Waals surface area (Å²) >= 11 is 0. The highest BCUT2D eigenvalue weighted by molar-refractivity contribution is 5.69. The van der Waals surface area contributed by atoms with Gasteiger partial charge in [0.05, 0.1) is 19.8 Å². The molecule has 1 rings (SSSR count). The van der Waals surface area contributed by atoms with Gasteiger partial charge in [-0.1, -0.05) is 161 Å². The van der Waals surface area contributed by atoms with E-state index in [2.05, 4.69) is 26.0 Å². The molecule has 1 aliphatic heterocycles. The highest BCUT2D eigenvalue weighted by Gasteiger charge is 2.44. The minimum absolute atomic E-state index is 0.111. The number of unbranched alkanes of at least 4 members (excludes halogenated alkanes) is 24. The summed E-state index contributed by atoms with van der Waals surface area (Å²) in [4.78, 5) is 12.7. The molecular formula is C43H82O9. The number of carbonyl (C=O) groups excluding carboxylic acids is 1. The van der Waals surface area contributed by atoms with Crippen LogP contribution in [0.5, 0.6) is 0 Å². The van der Waals surface area contributed by atoms with Crippen LogP contribution in [0.4, 0.5) is 0 Å². The van der Waals surface area contributed by atoms with Crippen LogP contribution in [0.25, 0.3) is 0 Å². The Balaban J connectivity index is 2.27. The van der Waals surface area contributed by atoms with E-state index in [9.17, 15) is 25.2 Å². The first-order chi connectivity index (χ1) is 25.4. The van der Waals surface area contributed by atoms with Crippen molar-refractivity contribution in [2.24, 2.45) is 0 Å². The fraction of sp³-hybridized carbons (Fsp3) is 0.930. The first kappa shape index (κ1) is 48.9. The third-order valence-electron chi connectivity index (χ3n) is 10.2. The third-order valence-corrected chi connectivity index (χ3v) is 10.2. The molecule has 6 unspecified atom stereocenters. The van der Waals surface area contributed by atoms with Gasteiger partial charge in [0.1, 0.15) is 30.5 Å². The van der Waals surface area contributed by atoms with Gasteiger partial charge in [0, 0.05) is 13.0 Å². The Morgan fingerprint density at radius 3 is 1.56 bits per heavy atom. The second-order valence-electron chi connectivity index (χ2n) is 15.1. The van der Waals surface area contributed by atoms with E-state index in [0.717, 1.165) is 32.1 Å². The van der Waals surface area contributed by atoms with Crippen molar-refractivity contribution in [3.8, 4) is 0 Å². The summed E-state index contributed by atoms with van der Waals surface area (Å²) in [6.07, 6.45) is 30.9. The molecule has 0 aromatic heterocycles. The van der Waals surface area contributed by atoms with E-state index in [1.54, 1.807) is 0 Å². The number of ether oxygens (including phenoxy) is 4. The lowest BCUT2D eigenvalue weighted by molar-refractivity contribution is -0.305. The van der Waals surface area contributed by atoms with E-state index in [1.807, 2.05) is 0 Å². The predicted molar refractivity (Wildman–Crippen MR) is 210 cm³/mol. The number of aliphatic hydroxyl groups is 4. The molecule has 0 radical (unpaired) electrons. The molecule has 0 aliphatic carbocycles. The first-order valence-corrected chi connectivity index (χ1v) is 21.8. The average Bonchev–Trinajstić information content (AvgIpc) is 3.14. The SMILES string of the molecule is CCCCCCCC/C=C\CCCCCCCCOCC(COC1OC(CO)C(O)C(O)C1O)OC(=O)CCCCCCCCCCCCCCC. The summed E-state index contributed by atoms with van der Waals surface area (Å²) in [5.74, 6) is -0.314. The summed E-state index contributed by atoms with van der Waals surface area (Å²) in [5, 5.41) is 40.0. The number of rotatable bonds is 37. The molecule has 1 aliphatic rings. The topological polar surface area (TPSA) is 135 Å². The van der Waals surface area contributed by atoms with Crippen molar-refractivity contribution in [2.45, 2.75) is 230 Å². The van der Waals surface area contributed by atoms with Gasteiger partial charge in [-0.05, 0) is 38.5 Å². The number of hydrogen-bond acceptors (Lipinski definition) is 9. The zero-order valence-electron chi connectivity index (χ0n) is 33.6. The van der Waals surface area contributed by atoms with Crippen molar-refractivity contribution in [1.82, 2.24) is 0 Å². The lowest BCUT2D eigenvalue weighted by Crippen LogP contribution is -2.59. The molecule has 0 aromatic carbocycles. The Morgan fingerprint density at radius 2 is 1.06 bits per heavy atom. The molecule has 0 spiro atoms. The van der Waals surface area contributed by atoms with E-state index in [0.29, 0.717) is 13.0 Å². The summed E-state index contributed by atoms with van der Waals surface area (Å²) in [6.45, 7) is 4.56. The fourth-order valence-electron chi connectivity index (χ4n) is 6.72. The number of carbonyl (C=O) groups is 1. The quantitative estimate of drug-likeness (QED) is 0.0279. The van der Waals surface area contributed by atoms with Crippen LogP contribution in [-0.4, -0.2) is 89.6 Å². The van der Waals surface area contributed by atoms with Gasteiger partial charge in [0.15, 0.2) is 6.29 Å². The zero-order valence-corrected chi connectivity index (χ0v) is 33.6. The normalized spacial score (nSPS) is 21.2. The molecule has 1 heterocycles. The largest absolute Gasteiger partial charge is 0.457 e. The third kappa shape index (κ3) is 26.7. The number of esters is 1. The molecule has 1 saturated heterocycles. The van der Waals surface area contributed by atoms with Crippen LogP contribution in [0.1, 0.15) is 194 Å². The van der Waals surface area contributed by atoms with E-state index in [1.165, 1.54) is 141 Å². The number of aliphatic hydroxyl groups excluding tert-OH is 4. The highest BCUT2D eigenvalue weighted by atomic mass is 16.7. The molecule has 9 nitrogen and oxygen atoms in total. The maximum atomic E-state index is 12.7. The minimum Gasteiger partial charge on any atom is -0.457 e. The Kier molecular flexibility index (Phi) is 33.5. The van der Waals surface area contributed by atoms with E-state index in [-0.39, 0.29) is 19.2 Å². The molecule has 0 saturated carbocycles. The predicted octanol–water partition coefficient (Wildman–Crippen LogP) is 9.25. The van der Waals surface area contributed by atoms with E-state index in [4.69, 9.17) is 18.9 Å². The van der Waals surface area contributed by atoms with Crippen LogP contribution >= 0.6 is 0 Å². The molecule has 6 atom stereocenters. The van der Waals surface area contributed by atoms with Crippen LogP contribution in [0, 0.1) is 0 Å². The van der Waals surface area contributed by atoms with Gasteiger partial charge in [0.2, 0.25) is 0 Å². The Morgan fingerprint density at radius 1 is 0.596 bits per heavy atom. The molecule has 1 fully saturated rings. The van der Waals surface area contributed by atoms with Gasteiger partial charge in [-0.25, -0.2) is 0 Å². The summed E-state index contributed by atoms with van der Waals surface area (Å²) < 4.78 is 22.8. The lowest BCUT2D eigenvalue weighted by atomic mass is 9.99. The maximum Gasteiger partial charge on any atom is 0.306 e. The molecule has 9 heteroatoms. The van der Waals surface area contributed by atoms with Gasteiger partial charge in [-0.2, -0.15) is 0 Å². The zero-order chi connectivity index (χ0) is 37.9. The highest BCUT2D eigenvalue weighted by Crippen LogP contribution is 2.22. The standard InChI is InChI=1S/C43H82O9/c1-3-5-7-9-11-13-15-17-18-19-21-23-25-27-29-31-33-49-35-37(36-50-43-42(48)41(47)40(46)38(34-44)52-43)51-39(45)32-30-28-26-24-22-20-16-14-12-10-8-6-4-2/h17-18,37-38,40-44,46-48H,3-16,19-36H2,1-2H3/b18-17-. The molecule has 52 heavy (non-hydrogen) atoms. The summed E-state index contributed by atoms with van der Waals surface area (Å²) in [6, 6.07) is 0. The van der Waals surface area contributed by atoms with Crippen molar-refractivity contribution in [1.29, 1.82) is 0 Å². The molecule has 4 N–H and O–H groups in total. The smallest absolute Gasteiger partial charge is 0.306 e. The molecule has 308 valence electrons. The molecule has 0 amide bonds. The molecular weight excluding hydrogens is 660 g/mol. The van der Waals surface area contributed by atoms with Crippen LogP contribution in [0.3, 0.4) is 0 Å². The number of allylic oxidation sites excluding steroid dienone is 2. The minimum atomic E-state index is -1.53. The van der Waals surface area contributed by atoms with Gasteiger partial charge >= 0.3 is 5.97 Å². The second kappa shape index (κ2) is 35.6. The van der Waals surface area contributed by atoms with Gasteiger partial charge in [-0.3, -0.25) is 4.79 Å². The van der Waals surface area contributed by atoms with E-state index < -0.39 is 43.4 Å². The fourth-order valence-corrected chi connectivity index (χ4v) is 6.72. The Hall–Kier alpha value is -1.07. The average molecular weight is 743 g/mol. The molecule has 0 bridgehead atoms. The Bertz CT molecular complexity index is 807. The van der Waals surface area contributed by atoms with Crippen molar-refractivity contribution in [2.75, 3.05) is 26.4 Å². The number of hydrogen-bond donors (Lipinski definition) is 4. The summed E-state index contributed by atoms with van der Waals surface area (Å²) in [7, 11) is 0. The van der Waals surface area contributed by atoms with Crippen molar-refractivity contribution >= 4 is 5.97 Å². The monoisotopic (exact) mass is 743 g/mol. The molecule has 0 aromatic rings. The van der Waals surface area contributed by atoms with Crippen LogP contribution in [0.2, 0.25) is 0 Å². The lowest BCUT2D eigenvalue weighted by Gasteiger charge is -2.39. The maximum absolute atomic E-state index is 12.7.